The van der Waals surface area contributed by atoms with Crippen LogP contribution in [0.3, 0.4) is 0 Å². The number of aromatic carboxylic acids is 1. The second-order valence-electron chi connectivity index (χ2n) is 3.56. The molecule has 0 aliphatic carbocycles. The van der Waals surface area contributed by atoms with Crippen LogP contribution in [0, 0.1) is 0 Å². The van der Waals surface area contributed by atoms with Gasteiger partial charge in [0.25, 0.3) is 0 Å². The highest BCUT2D eigenvalue weighted by Gasteiger charge is 2.14. The van der Waals surface area contributed by atoms with Gasteiger partial charge in [0.2, 0.25) is 0 Å². The fraction of sp³-hybridized carbons (Fsp3) is 0. The number of nitrogen functional groups attached to an aromatic ring is 1. The highest BCUT2D eigenvalue weighted by Crippen LogP contribution is 2.38. The summed E-state index contributed by atoms with van der Waals surface area (Å²) in [5.74, 6) is -0.975. The summed E-state index contributed by atoms with van der Waals surface area (Å²) < 4.78 is 0.912. The number of carboxylic acids is 1. The molecule has 2 aromatic rings. The molecule has 0 fully saturated rings. The van der Waals surface area contributed by atoms with Crippen molar-refractivity contribution in [3.05, 3.63) is 52.5 Å². The van der Waals surface area contributed by atoms with E-state index < -0.39 is 5.97 Å². The Kier molecular flexibility index (Phi) is 3.93. The molecule has 0 spiro atoms. The highest BCUT2D eigenvalue weighted by molar-refractivity contribution is 9.10. The lowest BCUT2D eigenvalue weighted by Gasteiger charge is -2.10. The second kappa shape index (κ2) is 5.46. The van der Waals surface area contributed by atoms with Gasteiger partial charge in [-0.1, -0.05) is 30.0 Å². The first-order valence-corrected chi connectivity index (χ1v) is 6.74. The number of nitrogens with two attached hydrogens (primary N) is 1. The van der Waals surface area contributed by atoms with Gasteiger partial charge in [-0.2, -0.15) is 0 Å². The molecule has 3 N–H and O–H groups in total. The Hall–Kier alpha value is -1.46. The summed E-state index contributed by atoms with van der Waals surface area (Å²) in [6.07, 6.45) is 0. The molecule has 2 rings (SSSR count). The summed E-state index contributed by atoms with van der Waals surface area (Å²) in [6.45, 7) is 0. The average Bonchev–Trinajstić information content (AvgIpc) is 2.34. The van der Waals surface area contributed by atoms with Crippen molar-refractivity contribution in [2.75, 3.05) is 5.73 Å². The van der Waals surface area contributed by atoms with Crippen molar-refractivity contribution in [3.8, 4) is 0 Å². The van der Waals surface area contributed by atoms with E-state index in [1.54, 1.807) is 18.2 Å². The topological polar surface area (TPSA) is 63.3 Å². The largest absolute Gasteiger partial charge is 0.478 e. The van der Waals surface area contributed by atoms with Gasteiger partial charge in [0.15, 0.2) is 0 Å². The molecule has 0 saturated carbocycles. The molecular formula is C13H10BrNO2S. The van der Waals surface area contributed by atoms with Gasteiger partial charge in [0.05, 0.1) is 5.56 Å². The molecule has 0 heterocycles. The monoisotopic (exact) mass is 323 g/mol. The predicted octanol–water partition coefficient (Wildman–Crippen LogP) is 3.88. The first-order valence-electron chi connectivity index (χ1n) is 5.14. The van der Waals surface area contributed by atoms with Crippen molar-refractivity contribution in [3.63, 3.8) is 0 Å². The van der Waals surface area contributed by atoms with Crippen molar-refractivity contribution in [1.82, 2.24) is 0 Å². The number of carbonyl (C=O) groups is 1. The molecule has 18 heavy (non-hydrogen) atoms. The van der Waals surface area contributed by atoms with Gasteiger partial charge in [-0.15, -0.1) is 0 Å². The molecule has 5 heteroatoms. The Morgan fingerprint density at radius 1 is 1.17 bits per heavy atom. The molecule has 0 aliphatic rings. The molecule has 0 aliphatic heterocycles. The zero-order chi connectivity index (χ0) is 13.1. The van der Waals surface area contributed by atoms with E-state index in [4.69, 9.17) is 10.8 Å². The van der Waals surface area contributed by atoms with Crippen LogP contribution in [-0.2, 0) is 0 Å². The van der Waals surface area contributed by atoms with Gasteiger partial charge in [-0.3, -0.25) is 0 Å². The van der Waals surface area contributed by atoms with Gasteiger partial charge < -0.3 is 10.8 Å². The number of hydrogen-bond donors (Lipinski definition) is 2. The minimum Gasteiger partial charge on any atom is -0.478 e. The Morgan fingerprint density at radius 3 is 2.56 bits per heavy atom. The van der Waals surface area contributed by atoms with Gasteiger partial charge in [-0.25, -0.2) is 4.79 Å². The van der Waals surface area contributed by atoms with Crippen LogP contribution in [0.1, 0.15) is 10.4 Å². The number of rotatable bonds is 3. The number of carboxylic acid groups (broad SMARTS) is 1. The van der Waals surface area contributed by atoms with Crippen molar-refractivity contribution in [2.24, 2.45) is 0 Å². The van der Waals surface area contributed by atoms with Gasteiger partial charge >= 0.3 is 5.97 Å². The fourth-order valence-electron chi connectivity index (χ4n) is 1.47. The molecular weight excluding hydrogens is 314 g/mol. The standard InChI is InChI=1S/C13H10BrNO2S/c14-9-5-1-2-7-11(9)18-12-8(13(16)17)4-3-6-10(12)15/h1-7H,15H2,(H,16,17). The van der Waals surface area contributed by atoms with Crippen LogP contribution in [0.2, 0.25) is 0 Å². The molecule has 0 amide bonds. The van der Waals surface area contributed by atoms with Crippen LogP contribution >= 0.6 is 27.7 Å². The lowest BCUT2D eigenvalue weighted by Crippen LogP contribution is -2.01. The van der Waals surface area contributed by atoms with E-state index in [0.29, 0.717) is 10.6 Å². The first kappa shape index (κ1) is 13.0. The lowest BCUT2D eigenvalue weighted by atomic mass is 10.2. The van der Waals surface area contributed by atoms with E-state index in [9.17, 15) is 4.79 Å². The fourth-order valence-corrected chi connectivity index (χ4v) is 2.99. The Bertz CT molecular complexity index is 601. The van der Waals surface area contributed by atoms with Crippen LogP contribution in [0.5, 0.6) is 0 Å². The number of halogens is 1. The maximum Gasteiger partial charge on any atom is 0.336 e. The number of anilines is 1. The summed E-state index contributed by atoms with van der Waals surface area (Å²) in [5.41, 5.74) is 6.54. The van der Waals surface area contributed by atoms with Crippen molar-refractivity contribution >= 4 is 39.3 Å². The SMILES string of the molecule is Nc1cccc(C(=O)O)c1Sc1ccccc1Br. The molecule has 0 bridgehead atoms. The third-order valence-electron chi connectivity index (χ3n) is 2.32. The van der Waals surface area contributed by atoms with E-state index >= 15 is 0 Å². The van der Waals surface area contributed by atoms with Crippen molar-refractivity contribution < 1.29 is 9.90 Å². The normalized spacial score (nSPS) is 10.3. The van der Waals surface area contributed by atoms with E-state index in [-0.39, 0.29) is 5.56 Å². The second-order valence-corrected chi connectivity index (χ2v) is 5.47. The Morgan fingerprint density at radius 2 is 1.89 bits per heavy atom. The van der Waals surface area contributed by atoms with E-state index in [0.717, 1.165) is 9.37 Å². The molecule has 0 radical (unpaired) electrons. The predicted molar refractivity (Wildman–Crippen MR) is 76.1 cm³/mol. The third-order valence-corrected chi connectivity index (χ3v) is 4.51. The molecule has 0 atom stereocenters. The van der Waals surface area contributed by atoms with Gasteiger partial charge in [0.1, 0.15) is 0 Å². The maximum atomic E-state index is 11.2. The molecule has 92 valence electrons. The average molecular weight is 324 g/mol. The number of benzene rings is 2. The zero-order valence-electron chi connectivity index (χ0n) is 9.26. The highest BCUT2D eigenvalue weighted by atomic mass is 79.9. The van der Waals surface area contributed by atoms with E-state index in [2.05, 4.69) is 15.9 Å². The Labute approximate surface area is 117 Å². The van der Waals surface area contributed by atoms with Crippen molar-refractivity contribution in [2.45, 2.75) is 9.79 Å². The molecule has 2 aromatic carbocycles. The van der Waals surface area contributed by atoms with Gasteiger partial charge in [0, 0.05) is 20.0 Å². The summed E-state index contributed by atoms with van der Waals surface area (Å²) in [5, 5.41) is 9.16. The van der Waals surface area contributed by atoms with Crippen LogP contribution in [0.25, 0.3) is 0 Å². The minimum absolute atomic E-state index is 0.218. The molecule has 3 nitrogen and oxygen atoms in total. The molecule has 0 unspecified atom stereocenters. The number of hydrogen-bond acceptors (Lipinski definition) is 3. The maximum absolute atomic E-state index is 11.2. The van der Waals surface area contributed by atoms with Gasteiger partial charge in [-0.05, 0) is 40.2 Å². The van der Waals surface area contributed by atoms with E-state index in [1.165, 1.54) is 11.8 Å². The molecule has 0 aromatic heterocycles. The third kappa shape index (κ3) is 2.68. The smallest absolute Gasteiger partial charge is 0.336 e. The van der Waals surface area contributed by atoms with E-state index in [1.807, 2.05) is 24.3 Å². The summed E-state index contributed by atoms with van der Waals surface area (Å²) in [6, 6.07) is 12.5. The van der Waals surface area contributed by atoms with Crippen LogP contribution in [0.4, 0.5) is 5.69 Å². The first-order chi connectivity index (χ1) is 8.59. The zero-order valence-corrected chi connectivity index (χ0v) is 11.7. The summed E-state index contributed by atoms with van der Waals surface area (Å²) in [7, 11) is 0. The molecule has 0 saturated heterocycles. The Balaban J connectivity index is 2.46. The van der Waals surface area contributed by atoms with Crippen LogP contribution in [0.15, 0.2) is 56.7 Å². The summed E-state index contributed by atoms with van der Waals surface area (Å²) >= 11 is 4.77. The summed E-state index contributed by atoms with van der Waals surface area (Å²) in [4.78, 5) is 12.7. The van der Waals surface area contributed by atoms with Crippen molar-refractivity contribution in [1.29, 1.82) is 0 Å². The lowest BCUT2D eigenvalue weighted by molar-refractivity contribution is 0.0693. The quantitative estimate of drug-likeness (QED) is 0.841. The van der Waals surface area contributed by atoms with Crippen LogP contribution < -0.4 is 5.73 Å². The minimum atomic E-state index is -0.975. The van der Waals surface area contributed by atoms with Crippen LogP contribution in [-0.4, -0.2) is 11.1 Å².